The molecular formula is C15H21N3O3S. The zero-order valence-electron chi connectivity index (χ0n) is 12.8. The van der Waals surface area contributed by atoms with Gasteiger partial charge in [-0.05, 0) is 25.3 Å². The highest BCUT2D eigenvalue weighted by Crippen LogP contribution is 2.18. The number of nitrogens with one attached hydrogen (secondary N) is 1. The summed E-state index contributed by atoms with van der Waals surface area (Å²) in [6.45, 7) is 2.71. The fourth-order valence-electron chi connectivity index (χ4n) is 2.37. The molecule has 0 radical (unpaired) electrons. The Kier molecular flexibility index (Phi) is 5.31. The van der Waals surface area contributed by atoms with Crippen LogP contribution in [0.4, 0.5) is 0 Å². The topological polar surface area (TPSA) is 78.8 Å². The zero-order chi connectivity index (χ0) is 16.2. The third-order valence-electron chi connectivity index (χ3n) is 3.69. The van der Waals surface area contributed by atoms with Crippen LogP contribution >= 0.6 is 0 Å². The third-order valence-corrected chi connectivity index (χ3v) is 4.96. The monoisotopic (exact) mass is 323 g/mol. The van der Waals surface area contributed by atoms with Crippen molar-refractivity contribution in [1.29, 1.82) is 0 Å². The lowest BCUT2D eigenvalue weighted by molar-refractivity contribution is -0.126. The second-order valence-corrected chi connectivity index (χ2v) is 7.59. The second-order valence-electron chi connectivity index (χ2n) is 5.61. The van der Waals surface area contributed by atoms with Crippen LogP contribution in [0.3, 0.4) is 0 Å². The Balaban J connectivity index is 1.90. The Labute approximate surface area is 131 Å². The van der Waals surface area contributed by atoms with E-state index in [-0.39, 0.29) is 18.4 Å². The quantitative estimate of drug-likeness (QED) is 0.666. The van der Waals surface area contributed by atoms with Gasteiger partial charge in [0.05, 0.1) is 18.4 Å². The summed E-state index contributed by atoms with van der Waals surface area (Å²) in [5.74, 6) is -0.588. The number of carbonyl (C=O) groups excluding carboxylic acids is 1. The summed E-state index contributed by atoms with van der Waals surface area (Å²) >= 11 is 0. The molecule has 1 aromatic rings. The maximum absolute atomic E-state index is 12.1. The predicted molar refractivity (Wildman–Crippen MR) is 86.1 cm³/mol. The molecule has 1 heterocycles. The van der Waals surface area contributed by atoms with Crippen LogP contribution in [-0.4, -0.2) is 44.2 Å². The molecule has 1 amide bonds. The normalized spacial score (nSPS) is 20.2. The van der Waals surface area contributed by atoms with Crippen LogP contribution in [0.25, 0.3) is 0 Å². The average molecular weight is 323 g/mol. The molecule has 0 aliphatic carbocycles. The van der Waals surface area contributed by atoms with E-state index in [0.29, 0.717) is 19.4 Å². The number of amides is 1. The van der Waals surface area contributed by atoms with E-state index in [1.807, 2.05) is 31.2 Å². The fraction of sp³-hybridized carbons (Fsp3) is 0.467. The number of hydrazone groups is 1. The first kappa shape index (κ1) is 16.6. The Morgan fingerprint density at radius 1 is 1.36 bits per heavy atom. The minimum atomic E-state index is -3.24. The summed E-state index contributed by atoms with van der Waals surface area (Å²) in [6, 6.07) is 7.76. The minimum absolute atomic E-state index is 0.227. The largest absolute Gasteiger partial charge is 0.273 e. The van der Waals surface area contributed by atoms with Crippen molar-refractivity contribution in [2.24, 2.45) is 11.0 Å². The van der Waals surface area contributed by atoms with Gasteiger partial charge in [0.15, 0.2) is 0 Å². The molecule has 2 rings (SSSR count). The molecule has 0 spiro atoms. The standard InChI is InChI=1S/C15H21N3O3S/c1-12-5-7-13(8-6-12)10-16-17-15(19)14-4-3-9-18(11-14)22(2,20)21/h5-8,10,14H,3-4,9,11H2,1-2H3,(H,17,19)/b16-10+. The zero-order valence-corrected chi connectivity index (χ0v) is 13.6. The van der Waals surface area contributed by atoms with Gasteiger partial charge in [0.25, 0.3) is 0 Å². The van der Waals surface area contributed by atoms with E-state index in [9.17, 15) is 13.2 Å². The van der Waals surface area contributed by atoms with E-state index >= 15 is 0 Å². The number of piperidine rings is 1. The molecule has 0 bridgehead atoms. The molecule has 1 aliphatic rings. The molecule has 0 saturated carbocycles. The van der Waals surface area contributed by atoms with Crippen molar-refractivity contribution in [2.75, 3.05) is 19.3 Å². The lowest BCUT2D eigenvalue weighted by atomic mass is 9.99. The molecule has 120 valence electrons. The number of hydrogen-bond donors (Lipinski definition) is 1. The van der Waals surface area contributed by atoms with Gasteiger partial charge in [0, 0.05) is 13.1 Å². The number of rotatable bonds is 4. The van der Waals surface area contributed by atoms with Gasteiger partial charge in [0.1, 0.15) is 0 Å². The van der Waals surface area contributed by atoms with Gasteiger partial charge < -0.3 is 0 Å². The van der Waals surface area contributed by atoms with E-state index in [0.717, 1.165) is 11.1 Å². The first-order valence-corrected chi connectivity index (χ1v) is 9.06. The van der Waals surface area contributed by atoms with Crippen molar-refractivity contribution < 1.29 is 13.2 Å². The molecular weight excluding hydrogens is 302 g/mol. The number of nitrogens with zero attached hydrogens (tertiary/aromatic N) is 2. The Morgan fingerprint density at radius 3 is 2.68 bits per heavy atom. The van der Waals surface area contributed by atoms with Gasteiger partial charge in [-0.15, -0.1) is 0 Å². The Hall–Kier alpha value is -1.73. The lowest BCUT2D eigenvalue weighted by Crippen LogP contribution is -2.44. The molecule has 6 nitrogen and oxygen atoms in total. The maximum atomic E-state index is 12.1. The molecule has 0 aromatic heterocycles. The van der Waals surface area contributed by atoms with E-state index in [4.69, 9.17) is 0 Å². The summed E-state index contributed by atoms with van der Waals surface area (Å²) in [7, 11) is -3.24. The summed E-state index contributed by atoms with van der Waals surface area (Å²) in [5.41, 5.74) is 4.55. The molecule has 1 unspecified atom stereocenters. The van der Waals surface area contributed by atoms with Gasteiger partial charge in [-0.25, -0.2) is 18.1 Å². The number of hydrogen-bond acceptors (Lipinski definition) is 4. The van der Waals surface area contributed by atoms with Gasteiger partial charge in [-0.1, -0.05) is 29.8 Å². The van der Waals surface area contributed by atoms with Crippen molar-refractivity contribution in [3.05, 3.63) is 35.4 Å². The van der Waals surface area contributed by atoms with Gasteiger partial charge in [0.2, 0.25) is 15.9 Å². The van der Waals surface area contributed by atoms with Gasteiger partial charge in [-0.2, -0.15) is 5.10 Å². The Morgan fingerprint density at radius 2 is 2.05 bits per heavy atom. The molecule has 7 heteroatoms. The van der Waals surface area contributed by atoms with Crippen LogP contribution in [0.2, 0.25) is 0 Å². The van der Waals surface area contributed by atoms with Gasteiger partial charge in [-0.3, -0.25) is 4.79 Å². The predicted octanol–water partition coefficient (Wildman–Crippen LogP) is 1.12. The van der Waals surface area contributed by atoms with Crippen LogP contribution in [0, 0.1) is 12.8 Å². The van der Waals surface area contributed by atoms with Crippen molar-refractivity contribution in [1.82, 2.24) is 9.73 Å². The van der Waals surface area contributed by atoms with E-state index in [1.165, 1.54) is 10.6 Å². The highest BCUT2D eigenvalue weighted by molar-refractivity contribution is 7.88. The van der Waals surface area contributed by atoms with Gasteiger partial charge >= 0.3 is 0 Å². The van der Waals surface area contributed by atoms with Crippen LogP contribution in [0.1, 0.15) is 24.0 Å². The first-order chi connectivity index (χ1) is 10.4. The smallest absolute Gasteiger partial charge is 0.244 e. The molecule has 1 aromatic carbocycles. The molecule has 1 fully saturated rings. The average Bonchev–Trinajstić information content (AvgIpc) is 2.48. The number of carbonyl (C=O) groups is 1. The highest BCUT2D eigenvalue weighted by Gasteiger charge is 2.29. The first-order valence-electron chi connectivity index (χ1n) is 7.21. The van der Waals surface area contributed by atoms with Crippen LogP contribution in [0.15, 0.2) is 29.4 Å². The summed E-state index contributed by atoms with van der Waals surface area (Å²) in [4.78, 5) is 12.1. The molecule has 1 atom stereocenters. The molecule has 1 saturated heterocycles. The summed E-state index contributed by atoms with van der Waals surface area (Å²) in [6.07, 6.45) is 4.11. The summed E-state index contributed by atoms with van der Waals surface area (Å²) in [5, 5.41) is 3.94. The van der Waals surface area contributed by atoms with Crippen molar-refractivity contribution in [2.45, 2.75) is 19.8 Å². The van der Waals surface area contributed by atoms with Crippen LogP contribution in [-0.2, 0) is 14.8 Å². The minimum Gasteiger partial charge on any atom is -0.273 e. The summed E-state index contributed by atoms with van der Waals surface area (Å²) < 4.78 is 24.4. The highest BCUT2D eigenvalue weighted by atomic mass is 32.2. The lowest BCUT2D eigenvalue weighted by Gasteiger charge is -2.29. The Bertz CT molecular complexity index is 653. The fourth-order valence-corrected chi connectivity index (χ4v) is 3.28. The maximum Gasteiger partial charge on any atom is 0.244 e. The molecule has 1 aliphatic heterocycles. The van der Waals surface area contributed by atoms with Crippen molar-refractivity contribution in [3.8, 4) is 0 Å². The SMILES string of the molecule is Cc1ccc(/C=N/NC(=O)C2CCCN(S(C)(=O)=O)C2)cc1. The second kappa shape index (κ2) is 7.02. The van der Waals surface area contributed by atoms with E-state index < -0.39 is 10.0 Å². The van der Waals surface area contributed by atoms with Crippen LogP contribution < -0.4 is 5.43 Å². The van der Waals surface area contributed by atoms with Crippen LogP contribution in [0.5, 0.6) is 0 Å². The van der Waals surface area contributed by atoms with E-state index in [2.05, 4.69) is 10.5 Å². The molecule has 1 N–H and O–H groups in total. The van der Waals surface area contributed by atoms with Crippen molar-refractivity contribution in [3.63, 3.8) is 0 Å². The number of benzene rings is 1. The number of aryl methyl sites for hydroxylation is 1. The van der Waals surface area contributed by atoms with E-state index in [1.54, 1.807) is 6.21 Å². The van der Waals surface area contributed by atoms with Crippen molar-refractivity contribution >= 4 is 22.1 Å². The third kappa shape index (κ3) is 4.64. The molecule has 22 heavy (non-hydrogen) atoms. The number of sulfonamides is 1.